The Bertz CT molecular complexity index is 259. The van der Waals surface area contributed by atoms with Crippen molar-refractivity contribution in [1.29, 1.82) is 0 Å². The van der Waals surface area contributed by atoms with Gasteiger partial charge in [0.15, 0.2) is 0 Å². The van der Waals surface area contributed by atoms with Crippen LogP contribution in [0.4, 0.5) is 0 Å². The topological polar surface area (TPSA) is 54.4 Å². The summed E-state index contributed by atoms with van der Waals surface area (Å²) in [5.41, 5.74) is 0. The number of rotatable bonds is 13. The van der Waals surface area contributed by atoms with E-state index in [2.05, 4.69) is 0 Å². The van der Waals surface area contributed by atoms with Gasteiger partial charge in [-0.3, -0.25) is 0 Å². The van der Waals surface area contributed by atoms with Gasteiger partial charge in [-0.25, -0.2) is 4.79 Å². The molecule has 0 aliphatic carbocycles. The number of aldehydes is 1. The van der Waals surface area contributed by atoms with Gasteiger partial charge in [0.05, 0.1) is 0 Å². The van der Waals surface area contributed by atoms with Crippen LogP contribution in [0.5, 0.6) is 0 Å². The summed E-state index contributed by atoms with van der Waals surface area (Å²) in [6.45, 7) is 1.98. The molecule has 3 nitrogen and oxygen atoms in total. The van der Waals surface area contributed by atoms with Crippen LogP contribution in [0.25, 0.3) is 0 Å². The number of carbonyl (C=O) groups excluding carboxylic acids is 1. The lowest BCUT2D eigenvalue weighted by Gasteiger charge is -2.03. The smallest absolute Gasteiger partial charge is 0.327 e. The summed E-state index contributed by atoms with van der Waals surface area (Å²) in [6, 6.07) is 0. The summed E-state index contributed by atoms with van der Waals surface area (Å²) in [5, 5.41) is 8.40. The fourth-order valence-electron chi connectivity index (χ4n) is 2.04. The maximum atomic E-state index is 10.4. The summed E-state index contributed by atoms with van der Waals surface area (Å²) in [6.07, 6.45) is 15.6. The van der Waals surface area contributed by atoms with Crippen molar-refractivity contribution in [2.45, 2.75) is 71.1 Å². The van der Waals surface area contributed by atoms with Crippen molar-refractivity contribution in [3.05, 3.63) is 12.2 Å². The quantitative estimate of drug-likeness (QED) is 0.307. The Morgan fingerprint density at radius 1 is 1.00 bits per heavy atom. The molecule has 1 unspecified atom stereocenters. The van der Waals surface area contributed by atoms with E-state index in [1.807, 2.05) is 6.92 Å². The lowest BCUT2D eigenvalue weighted by Crippen LogP contribution is -1.94. The molecule has 0 bridgehead atoms. The van der Waals surface area contributed by atoms with Crippen LogP contribution in [0, 0.1) is 5.92 Å². The molecule has 0 aromatic carbocycles. The van der Waals surface area contributed by atoms with Gasteiger partial charge >= 0.3 is 5.97 Å². The number of aliphatic carboxylic acids is 1. The first-order chi connectivity index (χ1) is 9.16. The van der Waals surface area contributed by atoms with Crippen LogP contribution in [0.1, 0.15) is 71.1 Å². The molecule has 3 heteroatoms. The van der Waals surface area contributed by atoms with Gasteiger partial charge in [0.1, 0.15) is 6.29 Å². The fourth-order valence-corrected chi connectivity index (χ4v) is 2.04. The van der Waals surface area contributed by atoms with Gasteiger partial charge in [-0.15, -0.1) is 0 Å². The Morgan fingerprint density at radius 3 is 2.05 bits per heavy atom. The predicted molar refractivity (Wildman–Crippen MR) is 78.2 cm³/mol. The highest BCUT2D eigenvalue weighted by Gasteiger charge is 1.98. The van der Waals surface area contributed by atoms with E-state index in [0.717, 1.165) is 25.5 Å². The summed E-state index contributed by atoms with van der Waals surface area (Å²) < 4.78 is 0. The highest BCUT2D eigenvalue weighted by molar-refractivity contribution is 5.79. The Hall–Kier alpha value is -1.12. The normalized spacial score (nSPS) is 12.7. The first-order valence-corrected chi connectivity index (χ1v) is 7.51. The molecule has 1 atom stereocenters. The Morgan fingerprint density at radius 2 is 1.53 bits per heavy atom. The predicted octanol–water partition coefficient (Wildman–Crippen LogP) is 4.36. The zero-order chi connectivity index (χ0) is 14.3. The lowest BCUT2D eigenvalue weighted by atomic mass is 10.0. The van der Waals surface area contributed by atoms with Crippen LogP contribution in [-0.2, 0) is 9.59 Å². The minimum Gasteiger partial charge on any atom is -0.478 e. The second kappa shape index (κ2) is 13.3. The number of unbranched alkanes of at least 4 members (excludes halogenated alkanes) is 8. The van der Waals surface area contributed by atoms with Gasteiger partial charge < -0.3 is 9.90 Å². The second-order valence-electron chi connectivity index (χ2n) is 5.26. The second-order valence-corrected chi connectivity index (χ2v) is 5.26. The molecule has 0 aliphatic heterocycles. The molecule has 0 fully saturated rings. The van der Waals surface area contributed by atoms with E-state index >= 15 is 0 Å². The highest BCUT2D eigenvalue weighted by atomic mass is 16.4. The molecule has 0 aromatic rings. The number of hydrogen-bond acceptors (Lipinski definition) is 2. The van der Waals surface area contributed by atoms with Crippen molar-refractivity contribution in [2.24, 2.45) is 5.92 Å². The molecule has 0 rings (SSSR count). The molecule has 0 aromatic heterocycles. The Kier molecular flexibility index (Phi) is 12.5. The van der Waals surface area contributed by atoms with Gasteiger partial charge in [0.2, 0.25) is 0 Å². The van der Waals surface area contributed by atoms with Gasteiger partial charge in [-0.1, -0.05) is 57.9 Å². The van der Waals surface area contributed by atoms with Crippen LogP contribution in [0.15, 0.2) is 12.2 Å². The summed E-state index contributed by atoms with van der Waals surface area (Å²) in [7, 11) is 0. The number of allylic oxidation sites excluding steroid dienone is 1. The van der Waals surface area contributed by atoms with Crippen molar-refractivity contribution >= 4 is 12.3 Å². The fraction of sp³-hybridized carbons (Fsp3) is 0.750. The van der Waals surface area contributed by atoms with Crippen LogP contribution >= 0.6 is 0 Å². The SMILES string of the molecule is CC(C=O)CCCCCCCCCCC=CC(=O)O. The molecule has 19 heavy (non-hydrogen) atoms. The lowest BCUT2D eigenvalue weighted by molar-refractivity contribution is -0.131. The van der Waals surface area contributed by atoms with E-state index in [0.29, 0.717) is 0 Å². The van der Waals surface area contributed by atoms with Gasteiger partial charge in [0.25, 0.3) is 0 Å². The maximum absolute atomic E-state index is 10.4. The summed E-state index contributed by atoms with van der Waals surface area (Å²) in [4.78, 5) is 20.6. The summed E-state index contributed by atoms with van der Waals surface area (Å²) >= 11 is 0. The van der Waals surface area contributed by atoms with Gasteiger partial charge in [-0.2, -0.15) is 0 Å². The van der Waals surface area contributed by atoms with E-state index in [4.69, 9.17) is 5.11 Å². The Balaban J connectivity index is 3.11. The minimum atomic E-state index is -0.858. The van der Waals surface area contributed by atoms with E-state index in [9.17, 15) is 9.59 Å². The van der Waals surface area contributed by atoms with Crippen molar-refractivity contribution in [3.8, 4) is 0 Å². The molecule has 0 saturated carbocycles. The van der Waals surface area contributed by atoms with Crippen molar-refractivity contribution in [3.63, 3.8) is 0 Å². The van der Waals surface area contributed by atoms with E-state index in [1.54, 1.807) is 6.08 Å². The first kappa shape index (κ1) is 17.9. The third-order valence-electron chi connectivity index (χ3n) is 3.27. The van der Waals surface area contributed by atoms with E-state index in [1.165, 1.54) is 51.0 Å². The van der Waals surface area contributed by atoms with Crippen LogP contribution in [0.2, 0.25) is 0 Å². The molecule has 1 N–H and O–H groups in total. The molecular formula is C16H28O3. The van der Waals surface area contributed by atoms with Crippen LogP contribution in [-0.4, -0.2) is 17.4 Å². The number of carbonyl (C=O) groups is 2. The highest BCUT2D eigenvalue weighted by Crippen LogP contribution is 2.12. The zero-order valence-corrected chi connectivity index (χ0v) is 12.1. The minimum absolute atomic E-state index is 0.221. The molecule has 110 valence electrons. The third kappa shape index (κ3) is 14.8. The number of carboxylic acid groups (broad SMARTS) is 1. The molecular weight excluding hydrogens is 240 g/mol. The maximum Gasteiger partial charge on any atom is 0.327 e. The monoisotopic (exact) mass is 268 g/mol. The third-order valence-corrected chi connectivity index (χ3v) is 3.27. The number of carboxylic acids is 1. The van der Waals surface area contributed by atoms with E-state index < -0.39 is 5.97 Å². The molecule has 0 saturated heterocycles. The van der Waals surface area contributed by atoms with Gasteiger partial charge in [-0.05, 0) is 19.3 Å². The van der Waals surface area contributed by atoms with E-state index in [-0.39, 0.29) is 5.92 Å². The average molecular weight is 268 g/mol. The van der Waals surface area contributed by atoms with Crippen LogP contribution < -0.4 is 0 Å². The molecule has 0 spiro atoms. The number of hydrogen-bond donors (Lipinski definition) is 1. The van der Waals surface area contributed by atoms with Crippen molar-refractivity contribution in [2.75, 3.05) is 0 Å². The molecule has 0 aliphatic rings. The first-order valence-electron chi connectivity index (χ1n) is 7.51. The zero-order valence-electron chi connectivity index (χ0n) is 12.1. The molecule has 0 radical (unpaired) electrons. The largest absolute Gasteiger partial charge is 0.478 e. The van der Waals surface area contributed by atoms with Crippen molar-refractivity contribution < 1.29 is 14.7 Å². The van der Waals surface area contributed by atoms with Gasteiger partial charge in [0, 0.05) is 12.0 Å². The standard InChI is InChI=1S/C16H28O3/c1-15(14-17)12-10-8-6-4-2-3-5-7-9-11-13-16(18)19/h11,13-15H,2-10,12H2,1H3,(H,18,19). The van der Waals surface area contributed by atoms with Crippen molar-refractivity contribution in [1.82, 2.24) is 0 Å². The Labute approximate surface area is 117 Å². The van der Waals surface area contributed by atoms with Crippen LogP contribution in [0.3, 0.4) is 0 Å². The average Bonchev–Trinajstić information content (AvgIpc) is 2.39. The summed E-state index contributed by atoms with van der Waals surface area (Å²) in [5.74, 6) is -0.636. The molecule has 0 heterocycles. The molecule has 0 amide bonds.